The van der Waals surface area contributed by atoms with Crippen LogP contribution in [0.1, 0.15) is 6.42 Å². The first-order valence-electron chi connectivity index (χ1n) is 8.12. The lowest BCUT2D eigenvalue weighted by Crippen LogP contribution is -2.31. The van der Waals surface area contributed by atoms with Gasteiger partial charge in [0.15, 0.2) is 5.82 Å². The van der Waals surface area contributed by atoms with E-state index in [9.17, 15) is 4.79 Å². The quantitative estimate of drug-likeness (QED) is 0.579. The van der Waals surface area contributed by atoms with Gasteiger partial charge < -0.3 is 10.6 Å². The average molecular weight is 336 g/mol. The summed E-state index contributed by atoms with van der Waals surface area (Å²) in [6.07, 6.45) is 4.12. The number of anilines is 2. The second-order valence-corrected chi connectivity index (χ2v) is 5.34. The van der Waals surface area contributed by atoms with Gasteiger partial charge in [-0.1, -0.05) is 24.3 Å². The van der Waals surface area contributed by atoms with E-state index >= 15 is 0 Å². The molecule has 128 valence electrons. The number of rotatable bonds is 7. The minimum Gasteiger partial charge on any atom is -0.385 e. The van der Waals surface area contributed by atoms with Gasteiger partial charge in [0, 0.05) is 31.0 Å². The molecule has 0 spiro atoms. The number of pyridine rings is 1. The molecule has 7 heteroatoms. The Morgan fingerprint density at radius 1 is 0.960 bits per heavy atom. The maximum Gasteiger partial charge on any atom is 0.320 e. The van der Waals surface area contributed by atoms with Gasteiger partial charge in [-0.25, -0.2) is 9.78 Å². The number of para-hydroxylation sites is 1. The van der Waals surface area contributed by atoms with Crippen molar-refractivity contribution in [1.29, 1.82) is 0 Å². The van der Waals surface area contributed by atoms with Crippen LogP contribution in [0.3, 0.4) is 0 Å². The molecule has 2 heterocycles. The van der Waals surface area contributed by atoms with Gasteiger partial charge in [0.25, 0.3) is 0 Å². The van der Waals surface area contributed by atoms with Gasteiger partial charge in [-0.3, -0.25) is 5.32 Å². The van der Waals surface area contributed by atoms with Crippen LogP contribution in [-0.2, 0) is 0 Å². The van der Waals surface area contributed by atoms with E-state index in [1.54, 1.807) is 23.1 Å². The summed E-state index contributed by atoms with van der Waals surface area (Å²) in [6, 6.07) is 17.0. The number of amides is 2. The summed E-state index contributed by atoms with van der Waals surface area (Å²) in [5.41, 5.74) is 1.08. The lowest BCUT2D eigenvalue weighted by molar-refractivity contribution is 0.252. The van der Waals surface area contributed by atoms with Crippen LogP contribution in [0.15, 0.2) is 67.0 Å². The largest absolute Gasteiger partial charge is 0.385 e. The Bertz CT molecular complexity index is 788. The molecule has 2 amide bonds. The summed E-state index contributed by atoms with van der Waals surface area (Å²) >= 11 is 0. The van der Waals surface area contributed by atoms with E-state index in [0.717, 1.165) is 18.7 Å². The van der Waals surface area contributed by atoms with Crippen LogP contribution in [0, 0.1) is 0 Å². The van der Waals surface area contributed by atoms with E-state index in [1.807, 2.05) is 48.5 Å². The molecule has 3 rings (SSSR count). The van der Waals surface area contributed by atoms with Crippen LogP contribution >= 0.6 is 0 Å². The van der Waals surface area contributed by atoms with Gasteiger partial charge in [-0.05, 0) is 30.7 Å². The highest BCUT2D eigenvalue weighted by molar-refractivity contribution is 5.88. The van der Waals surface area contributed by atoms with Crippen LogP contribution in [0.4, 0.5) is 16.3 Å². The van der Waals surface area contributed by atoms with Gasteiger partial charge in [-0.2, -0.15) is 9.78 Å². The van der Waals surface area contributed by atoms with Crippen molar-refractivity contribution in [2.75, 3.05) is 23.7 Å². The maximum absolute atomic E-state index is 12.0. The van der Waals surface area contributed by atoms with Crippen molar-refractivity contribution in [3.05, 3.63) is 67.0 Å². The second-order valence-electron chi connectivity index (χ2n) is 5.34. The SMILES string of the molecule is O=C(NCCCNc1ccccc1)Nc1ccnn1-c1ccccn1. The van der Waals surface area contributed by atoms with Crippen molar-refractivity contribution in [2.24, 2.45) is 0 Å². The van der Waals surface area contributed by atoms with Gasteiger partial charge in [0.2, 0.25) is 0 Å². The fourth-order valence-electron chi connectivity index (χ4n) is 2.30. The van der Waals surface area contributed by atoms with E-state index in [-0.39, 0.29) is 6.03 Å². The Kier molecular flexibility index (Phi) is 5.60. The van der Waals surface area contributed by atoms with Crippen LogP contribution < -0.4 is 16.0 Å². The van der Waals surface area contributed by atoms with Gasteiger partial charge in [0.1, 0.15) is 5.82 Å². The number of aromatic nitrogens is 3. The normalized spacial score (nSPS) is 10.2. The molecule has 0 unspecified atom stereocenters. The van der Waals surface area contributed by atoms with Crippen molar-refractivity contribution in [2.45, 2.75) is 6.42 Å². The first-order chi connectivity index (χ1) is 12.3. The molecule has 0 bridgehead atoms. The summed E-state index contributed by atoms with van der Waals surface area (Å²) in [6.45, 7) is 1.36. The molecule has 2 aromatic heterocycles. The topological polar surface area (TPSA) is 83.9 Å². The molecule has 0 saturated heterocycles. The highest BCUT2D eigenvalue weighted by Crippen LogP contribution is 2.11. The number of nitrogens with zero attached hydrogens (tertiary/aromatic N) is 3. The number of benzene rings is 1. The predicted octanol–water partition coefficient (Wildman–Crippen LogP) is 2.89. The third-order valence-corrected chi connectivity index (χ3v) is 3.49. The monoisotopic (exact) mass is 336 g/mol. The van der Waals surface area contributed by atoms with Gasteiger partial charge in [0.05, 0.1) is 6.20 Å². The molecule has 0 saturated carbocycles. The number of urea groups is 1. The fraction of sp³-hybridized carbons (Fsp3) is 0.167. The Morgan fingerprint density at radius 3 is 2.60 bits per heavy atom. The zero-order valence-electron chi connectivity index (χ0n) is 13.7. The Hall–Kier alpha value is -3.35. The van der Waals surface area contributed by atoms with Gasteiger partial charge in [-0.15, -0.1) is 0 Å². The van der Waals surface area contributed by atoms with Crippen LogP contribution in [0.2, 0.25) is 0 Å². The van der Waals surface area contributed by atoms with Crippen LogP contribution in [-0.4, -0.2) is 33.9 Å². The first kappa shape index (κ1) is 16.5. The van der Waals surface area contributed by atoms with E-state index in [4.69, 9.17) is 0 Å². The summed E-state index contributed by atoms with van der Waals surface area (Å²) in [4.78, 5) is 16.2. The molecule has 0 radical (unpaired) electrons. The van der Waals surface area contributed by atoms with Crippen molar-refractivity contribution < 1.29 is 4.79 Å². The lowest BCUT2D eigenvalue weighted by atomic mass is 10.3. The number of hydrogen-bond donors (Lipinski definition) is 3. The third kappa shape index (κ3) is 4.81. The number of carbonyl (C=O) groups is 1. The van der Waals surface area contributed by atoms with E-state index in [0.29, 0.717) is 18.2 Å². The van der Waals surface area contributed by atoms with Crippen LogP contribution in [0.25, 0.3) is 5.82 Å². The van der Waals surface area contributed by atoms with Crippen molar-refractivity contribution in [3.63, 3.8) is 0 Å². The number of hydrogen-bond acceptors (Lipinski definition) is 4. The molecule has 0 atom stereocenters. The smallest absolute Gasteiger partial charge is 0.320 e. The summed E-state index contributed by atoms with van der Waals surface area (Å²) < 4.78 is 1.58. The Balaban J connectivity index is 1.42. The molecule has 0 aliphatic heterocycles. The predicted molar refractivity (Wildman–Crippen MR) is 97.9 cm³/mol. The van der Waals surface area contributed by atoms with Crippen LogP contribution in [0.5, 0.6) is 0 Å². The second kappa shape index (κ2) is 8.49. The summed E-state index contributed by atoms with van der Waals surface area (Å²) in [5.74, 6) is 1.22. The van der Waals surface area contributed by atoms with E-state index in [1.165, 1.54) is 0 Å². The Morgan fingerprint density at radius 2 is 1.80 bits per heavy atom. The zero-order valence-corrected chi connectivity index (χ0v) is 13.7. The molecule has 3 aromatic rings. The first-order valence-corrected chi connectivity index (χ1v) is 8.12. The summed E-state index contributed by atoms with van der Waals surface area (Å²) in [7, 11) is 0. The average Bonchev–Trinajstić information content (AvgIpc) is 3.11. The lowest BCUT2D eigenvalue weighted by Gasteiger charge is -2.10. The maximum atomic E-state index is 12.0. The molecule has 0 aliphatic rings. The third-order valence-electron chi connectivity index (χ3n) is 3.49. The van der Waals surface area contributed by atoms with Crippen molar-refractivity contribution in [1.82, 2.24) is 20.1 Å². The molecule has 0 fully saturated rings. The molecule has 3 N–H and O–H groups in total. The minimum absolute atomic E-state index is 0.266. The molecule has 0 aliphatic carbocycles. The van der Waals surface area contributed by atoms with Gasteiger partial charge >= 0.3 is 6.03 Å². The molecule has 7 nitrogen and oxygen atoms in total. The standard InChI is InChI=1S/C18H20N6O/c25-18(21-13-6-12-19-15-7-2-1-3-8-15)23-17-10-14-22-24(17)16-9-4-5-11-20-16/h1-5,7-11,14,19H,6,12-13H2,(H2,21,23,25). The van der Waals surface area contributed by atoms with Crippen molar-refractivity contribution >= 4 is 17.5 Å². The molecular weight excluding hydrogens is 316 g/mol. The molecule has 1 aromatic carbocycles. The highest BCUT2D eigenvalue weighted by atomic mass is 16.2. The molecule has 25 heavy (non-hydrogen) atoms. The Labute approximate surface area is 146 Å². The number of nitrogens with one attached hydrogen (secondary N) is 3. The fourth-order valence-corrected chi connectivity index (χ4v) is 2.30. The summed E-state index contributed by atoms with van der Waals surface area (Å²) in [5, 5.41) is 13.1. The zero-order chi connectivity index (χ0) is 17.3. The minimum atomic E-state index is -0.266. The van der Waals surface area contributed by atoms with Crippen molar-refractivity contribution in [3.8, 4) is 5.82 Å². The highest BCUT2D eigenvalue weighted by Gasteiger charge is 2.08. The van der Waals surface area contributed by atoms with E-state index in [2.05, 4.69) is 26.0 Å². The molecular formula is C18H20N6O. The number of carbonyl (C=O) groups excluding carboxylic acids is 1. The van der Waals surface area contributed by atoms with E-state index < -0.39 is 0 Å².